The van der Waals surface area contributed by atoms with Gasteiger partial charge < -0.3 is 4.57 Å². The van der Waals surface area contributed by atoms with E-state index < -0.39 is 10.0 Å². The van der Waals surface area contributed by atoms with Crippen LogP contribution in [0.1, 0.15) is 51.4 Å². The van der Waals surface area contributed by atoms with Gasteiger partial charge >= 0.3 is 0 Å². The van der Waals surface area contributed by atoms with E-state index in [0.717, 1.165) is 31.6 Å². The number of hydrogen-bond donors (Lipinski definition) is 0. The monoisotopic (exact) mass is 312 g/mol. The summed E-state index contributed by atoms with van der Waals surface area (Å²) in [6.07, 6.45) is 10.8. The number of nitrogens with zero attached hydrogens (tertiary/aromatic N) is 4. The summed E-state index contributed by atoms with van der Waals surface area (Å²) in [5.74, 6) is 0.810. The molecule has 3 rings (SSSR count). The minimum absolute atomic E-state index is 0.0651. The molecule has 1 aliphatic heterocycles. The van der Waals surface area contributed by atoms with E-state index in [1.165, 1.54) is 36.6 Å². The van der Waals surface area contributed by atoms with E-state index in [9.17, 15) is 8.42 Å². The number of rotatable bonds is 5. The summed E-state index contributed by atoms with van der Waals surface area (Å²) in [4.78, 5) is 0. The summed E-state index contributed by atoms with van der Waals surface area (Å²) in [5, 5.41) is 7.55. The van der Waals surface area contributed by atoms with Crippen LogP contribution in [0.5, 0.6) is 0 Å². The zero-order valence-corrected chi connectivity index (χ0v) is 13.4. The molecule has 1 saturated carbocycles. The van der Waals surface area contributed by atoms with Crippen molar-refractivity contribution in [3.63, 3.8) is 0 Å². The predicted octanol–water partition coefficient (Wildman–Crippen LogP) is 1.94. The molecule has 21 heavy (non-hydrogen) atoms. The molecular weight excluding hydrogens is 288 g/mol. The molecule has 118 valence electrons. The van der Waals surface area contributed by atoms with Crippen LogP contribution in [-0.2, 0) is 17.1 Å². The van der Waals surface area contributed by atoms with Gasteiger partial charge in [-0.05, 0) is 31.6 Å². The van der Waals surface area contributed by atoms with Crippen molar-refractivity contribution < 1.29 is 8.42 Å². The lowest BCUT2D eigenvalue weighted by Crippen LogP contribution is -2.37. The minimum atomic E-state index is -3.50. The average Bonchev–Trinajstić information content (AvgIpc) is 3.17. The Morgan fingerprint density at radius 1 is 1.19 bits per heavy atom. The molecule has 0 bridgehead atoms. The molecule has 0 N–H and O–H groups in total. The average molecular weight is 312 g/mol. The SMILES string of the molecule is Cn1cnnc1S(=O)(=O)N1CCCC1CCC1CCCC1. The van der Waals surface area contributed by atoms with Crippen molar-refractivity contribution in [2.24, 2.45) is 13.0 Å². The molecule has 1 aliphatic carbocycles. The Hall–Kier alpha value is -0.950. The van der Waals surface area contributed by atoms with Gasteiger partial charge in [0.1, 0.15) is 6.33 Å². The molecule has 7 heteroatoms. The Morgan fingerprint density at radius 3 is 2.62 bits per heavy atom. The second-order valence-electron chi connectivity index (χ2n) is 6.36. The topological polar surface area (TPSA) is 68.1 Å². The van der Waals surface area contributed by atoms with Crippen molar-refractivity contribution in [2.75, 3.05) is 6.54 Å². The summed E-state index contributed by atoms with van der Waals surface area (Å²) >= 11 is 0. The Labute approximate surface area is 126 Å². The first-order valence-corrected chi connectivity index (χ1v) is 9.39. The number of aryl methyl sites for hydroxylation is 1. The van der Waals surface area contributed by atoms with Gasteiger partial charge in [-0.1, -0.05) is 25.7 Å². The number of aromatic nitrogens is 3. The van der Waals surface area contributed by atoms with Crippen LogP contribution in [0, 0.1) is 5.92 Å². The summed E-state index contributed by atoms with van der Waals surface area (Å²) in [6, 6.07) is 0.146. The summed E-state index contributed by atoms with van der Waals surface area (Å²) in [6.45, 7) is 0.616. The summed E-state index contributed by atoms with van der Waals surface area (Å²) < 4.78 is 28.6. The Bertz CT molecular complexity index is 578. The maximum atomic E-state index is 12.7. The molecule has 0 amide bonds. The van der Waals surface area contributed by atoms with Crippen molar-refractivity contribution in [3.8, 4) is 0 Å². The van der Waals surface area contributed by atoms with Crippen LogP contribution in [0.2, 0.25) is 0 Å². The van der Waals surface area contributed by atoms with Crippen LogP contribution in [0.25, 0.3) is 0 Å². The zero-order chi connectivity index (χ0) is 14.9. The lowest BCUT2D eigenvalue weighted by molar-refractivity contribution is 0.335. The third kappa shape index (κ3) is 2.99. The largest absolute Gasteiger partial charge is 0.306 e. The normalized spacial score (nSPS) is 24.9. The molecule has 2 heterocycles. The summed E-state index contributed by atoms with van der Waals surface area (Å²) in [5.41, 5.74) is 0. The van der Waals surface area contributed by atoms with Gasteiger partial charge in [-0.25, -0.2) is 8.42 Å². The van der Waals surface area contributed by atoms with E-state index in [-0.39, 0.29) is 11.2 Å². The third-order valence-electron chi connectivity index (χ3n) is 4.92. The lowest BCUT2D eigenvalue weighted by Gasteiger charge is -2.24. The van der Waals surface area contributed by atoms with Crippen LogP contribution in [0.4, 0.5) is 0 Å². The Balaban J connectivity index is 1.69. The smallest absolute Gasteiger partial charge is 0.279 e. The van der Waals surface area contributed by atoms with Gasteiger partial charge in [-0.15, -0.1) is 10.2 Å². The maximum Gasteiger partial charge on any atom is 0.279 e. The van der Waals surface area contributed by atoms with E-state index >= 15 is 0 Å². The van der Waals surface area contributed by atoms with E-state index in [0.29, 0.717) is 6.54 Å². The fourth-order valence-electron chi connectivity index (χ4n) is 3.75. The van der Waals surface area contributed by atoms with Gasteiger partial charge in [0.05, 0.1) is 0 Å². The summed E-state index contributed by atoms with van der Waals surface area (Å²) in [7, 11) is -1.82. The highest BCUT2D eigenvalue weighted by atomic mass is 32.2. The maximum absolute atomic E-state index is 12.7. The van der Waals surface area contributed by atoms with Crippen LogP contribution < -0.4 is 0 Å². The van der Waals surface area contributed by atoms with Gasteiger partial charge in [0.25, 0.3) is 15.2 Å². The molecule has 0 spiro atoms. The van der Waals surface area contributed by atoms with Crippen molar-refractivity contribution in [1.29, 1.82) is 0 Å². The van der Waals surface area contributed by atoms with Crippen molar-refractivity contribution >= 4 is 10.0 Å². The predicted molar refractivity (Wildman–Crippen MR) is 79.1 cm³/mol. The molecule has 1 aromatic rings. The second kappa shape index (κ2) is 6.04. The van der Waals surface area contributed by atoms with E-state index in [2.05, 4.69) is 10.2 Å². The van der Waals surface area contributed by atoms with Gasteiger partial charge in [0.15, 0.2) is 0 Å². The first-order valence-electron chi connectivity index (χ1n) is 7.95. The second-order valence-corrected chi connectivity index (χ2v) is 8.15. The third-order valence-corrected chi connectivity index (χ3v) is 6.84. The molecule has 2 aliphatic rings. The van der Waals surface area contributed by atoms with E-state index in [1.807, 2.05) is 0 Å². The van der Waals surface area contributed by atoms with Crippen LogP contribution in [-0.4, -0.2) is 40.1 Å². The Kier molecular flexibility index (Phi) is 4.31. The molecule has 0 aromatic carbocycles. The minimum Gasteiger partial charge on any atom is -0.306 e. The zero-order valence-electron chi connectivity index (χ0n) is 12.6. The first-order chi connectivity index (χ1) is 10.1. The van der Waals surface area contributed by atoms with Crippen molar-refractivity contribution in [3.05, 3.63) is 6.33 Å². The molecule has 1 atom stereocenters. The lowest BCUT2D eigenvalue weighted by atomic mass is 9.98. The molecule has 1 saturated heterocycles. The standard InChI is InChI=1S/C14H24N4O2S/c1-17-11-15-16-14(17)21(19,20)18-10-4-7-13(18)9-8-12-5-2-3-6-12/h11-13H,2-10H2,1H3. The molecule has 6 nitrogen and oxygen atoms in total. The molecular formula is C14H24N4O2S. The fourth-order valence-corrected chi connectivity index (χ4v) is 5.50. The first kappa shape index (κ1) is 15.0. The van der Waals surface area contributed by atoms with Crippen LogP contribution in [0.3, 0.4) is 0 Å². The number of hydrogen-bond acceptors (Lipinski definition) is 4. The molecule has 0 radical (unpaired) electrons. The van der Waals surface area contributed by atoms with Gasteiger partial charge in [0.2, 0.25) is 0 Å². The quantitative estimate of drug-likeness (QED) is 0.833. The molecule has 2 fully saturated rings. The fraction of sp³-hybridized carbons (Fsp3) is 0.857. The number of sulfonamides is 1. The van der Waals surface area contributed by atoms with Crippen molar-refractivity contribution in [1.82, 2.24) is 19.1 Å². The van der Waals surface area contributed by atoms with Crippen LogP contribution >= 0.6 is 0 Å². The van der Waals surface area contributed by atoms with Gasteiger partial charge in [0, 0.05) is 19.6 Å². The molecule has 1 unspecified atom stereocenters. The van der Waals surface area contributed by atoms with E-state index in [1.54, 1.807) is 11.4 Å². The highest BCUT2D eigenvalue weighted by Gasteiger charge is 2.37. The Morgan fingerprint density at radius 2 is 1.95 bits per heavy atom. The van der Waals surface area contributed by atoms with Gasteiger partial charge in [-0.3, -0.25) is 0 Å². The molecule has 1 aromatic heterocycles. The highest BCUT2D eigenvalue weighted by Crippen LogP contribution is 2.33. The van der Waals surface area contributed by atoms with Gasteiger partial charge in [-0.2, -0.15) is 4.31 Å². The van der Waals surface area contributed by atoms with E-state index in [4.69, 9.17) is 0 Å². The van der Waals surface area contributed by atoms with Crippen molar-refractivity contribution in [2.45, 2.75) is 62.6 Å². The highest BCUT2D eigenvalue weighted by molar-refractivity contribution is 7.89. The van der Waals surface area contributed by atoms with Crippen LogP contribution in [0.15, 0.2) is 11.5 Å².